The van der Waals surface area contributed by atoms with E-state index in [-0.39, 0.29) is 0 Å². The van der Waals surface area contributed by atoms with Gasteiger partial charge in [-0.1, -0.05) is 6.08 Å². The summed E-state index contributed by atoms with van der Waals surface area (Å²) in [4.78, 5) is 3.91. The van der Waals surface area contributed by atoms with Gasteiger partial charge in [0.15, 0.2) is 0 Å². The topological polar surface area (TPSA) is 50.7 Å². The van der Waals surface area contributed by atoms with Crippen LogP contribution < -0.4 is 5.84 Å². The quantitative estimate of drug-likeness (QED) is 0.344. The lowest BCUT2D eigenvalue weighted by molar-refractivity contribution is 1.22. The summed E-state index contributed by atoms with van der Waals surface area (Å²) in [5.74, 6) is 4.95. The number of nitrogens with two attached hydrogens (primary N) is 1. The molecule has 1 aliphatic rings. The number of hydrogen-bond donors (Lipinski definition) is 1. The Bertz CT molecular complexity index is 141. The first-order valence-electron chi connectivity index (χ1n) is 2.38. The van der Waals surface area contributed by atoms with E-state index in [1.165, 1.54) is 0 Å². The second-order valence-electron chi connectivity index (χ2n) is 1.45. The molecule has 8 heavy (non-hydrogen) atoms. The minimum atomic E-state index is 0.733. The van der Waals surface area contributed by atoms with Gasteiger partial charge in [0.1, 0.15) is 5.71 Å². The standard InChI is InChI=1S/C5H7N3/c6-8-5-2-1-3-7-4-5/h1-2,4H,3,6H2. The summed E-state index contributed by atoms with van der Waals surface area (Å²) in [5, 5.41) is 3.43. The number of aliphatic imine (C=N–C) groups is 1. The molecular weight excluding hydrogens is 102 g/mol. The molecule has 0 aromatic carbocycles. The monoisotopic (exact) mass is 109 g/mol. The normalized spacial score (nSPS) is 22.2. The predicted molar refractivity (Wildman–Crippen MR) is 34.1 cm³/mol. The maximum Gasteiger partial charge on any atom is 0.100 e. The zero-order chi connectivity index (χ0) is 5.82. The first-order valence-corrected chi connectivity index (χ1v) is 2.38. The van der Waals surface area contributed by atoms with Gasteiger partial charge < -0.3 is 5.84 Å². The summed E-state index contributed by atoms with van der Waals surface area (Å²) in [6, 6.07) is 0. The highest BCUT2D eigenvalue weighted by Gasteiger charge is 1.89. The van der Waals surface area contributed by atoms with Crippen LogP contribution in [0.3, 0.4) is 0 Å². The van der Waals surface area contributed by atoms with Gasteiger partial charge in [0.2, 0.25) is 0 Å². The molecule has 0 aliphatic carbocycles. The van der Waals surface area contributed by atoms with Gasteiger partial charge >= 0.3 is 0 Å². The average molecular weight is 109 g/mol. The van der Waals surface area contributed by atoms with Crippen LogP contribution in [-0.2, 0) is 0 Å². The number of dihydropyridines is 1. The van der Waals surface area contributed by atoms with E-state index in [0.717, 1.165) is 12.3 Å². The molecule has 1 heterocycles. The molecule has 0 bridgehead atoms. The van der Waals surface area contributed by atoms with Gasteiger partial charge in [0.05, 0.1) is 6.54 Å². The Morgan fingerprint density at radius 3 is 3.00 bits per heavy atom. The van der Waals surface area contributed by atoms with Crippen LogP contribution in [0.1, 0.15) is 0 Å². The Balaban J connectivity index is 2.69. The van der Waals surface area contributed by atoms with Crippen molar-refractivity contribution in [3.63, 3.8) is 0 Å². The molecule has 3 nitrogen and oxygen atoms in total. The Morgan fingerprint density at radius 2 is 2.62 bits per heavy atom. The third kappa shape index (κ3) is 0.932. The molecule has 0 saturated heterocycles. The van der Waals surface area contributed by atoms with Crippen LogP contribution in [0.4, 0.5) is 0 Å². The van der Waals surface area contributed by atoms with Crippen molar-refractivity contribution in [1.29, 1.82) is 0 Å². The smallest absolute Gasteiger partial charge is 0.100 e. The Morgan fingerprint density at radius 1 is 1.75 bits per heavy atom. The predicted octanol–water partition coefficient (Wildman–Crippen LogP) is -0.0583. The molecule has 0 aromatic heterocycles. The second-order valence-corrected chi connectivity index (χ2v) is 1.45. The third-order valence-corrected chi connectivity index (χ3v) is 0.872. The first kappa shape index (κ1) is 5.03. The molecule has 0 radical (unpaired) electrons. The SMILES string of the molecule is NN=C1C=CCN=C1. The molecule has 1 aliphatic heterocycles. The number of hydrogen-bond acceptors (Lipinski definition) is 3. The van der Waals surface area contributed by atoms with Crippen LogP contribution >= 0.6 is 0 Å². The molecule has 3 heteroatoms. The molecule has 2 N–H and O–H groups in total. The van der Waals surface area contributed by atoms with Crippen LogP contribution in [0.25, 0.3) is 0 Å². The van der Waals surface area contributed by atoms with Crippen molar-refractivity contribution in [2.45, 2.75) is 0 Å². The highest BCUT2D eigenvalue weighted by atomic mass is 15.1. The van der Waals surface area contributed by atoms with Gasteiger partial charge in [-0.25, -0.2) is 0 Å². The minimum Gasteiger partial charge on any atom is -0.323 e. The molecular formula is C5H7N3. The summed E-state index contributed by atoms with van der Waals surface area (Å²) in [6.45, 7) is 0.749. The van der Waals surface area contributed by atoms with Crippen molar-refractivity contribution < 1.29 is 0 Å². The van der Waals surface area contributed by atoms with Crippen LogP contribution in [0.2, 0.25) is 0 Å². The van der Waals surface area contributed by atoms with E-state index in [1.54, 1.807) is 6.21 Å². The Hall–Kier alpha value is -1.12. The molecule has 1 rings (SSSR count). The molecule has 0 spiro atoms. The van der Waals surface area contributed by atoms with E-state index >= 15 is 0 Å². The lowest BCUT2D eigenvalue weighted by Gasteiger charge is -1.93. The zero-order valence-electron chi connectivity index (χ0n) is 4.41. The molecule has 42 valence electrons. The average Bonchev–Trinajstić information content (AvgIpc) is 1.90. The second kappa shape index (κ2) is 2.26. The zero-order valence-corrected chi connectivity index (χ0v) is 4.41. The summed E-state index contributed by atoms with van der Waals surface area (Å²) in [5.41, 5.74) is 0.733. The minimum absolute atomic E-state index is 0.733. The largest absolute Gasteiger partial charge is 0.323 e. The summed E-state index contributed by atoms with van der Waals surface area (Å²) in [6.07, 6.45) is 5.40. The van der Waals surface area contributed by atoms with Crippen molar-refractivity contribution in [2.75, 3.05) is 6.54 Å². The highest BCUT2D eigenvalue weighted by Crippen LogP contribution is 1.84. The fraction of sp³-hybridized carbons (Fsp3) is 0.200. The first-order chi connectivity index (χ1) is 3.93. The number of rotatable bonds is 0. The van der Waals surface area contributed by atoms with Crippen LogP contribution in [-0.4, -0.2) is 18.5 Å². The van der Waals surface area contributed by atoms with E-state index < -0.39 is 0 Å². The Labute approximate surface area is 47.6 Å². The van der Waals surface area contributed by atoms with E-state index in [0.29, 0.717) is 0 Å². The van der Waals surface area contributed by atoms with Gasteiger partial charge in [0.25, 0.3) is 0 Å². The van der Waals surface area contributed by atoms with Crippen molar-refractivity contribution in [3.8, 4) is 0 Å². The van der Waals surface area contributed by atoms with Gasteiger partial charge in [0, 0.05) is 6.21 Å². The third-order valence-electron chi connectivity index (χ3n) is 0.872. The number of nitrogens with zero attached hydrogens (tertiary/aromatic N) is 2. The van der Waals surface area contributed by atoms with E-state index in [4.69, 9.17) is 5.84 Å². The van der Waals surface area contributed by atoms with Gasteiger partial charge in [-0.2, -0.15) is 5.10 Å². The lowest BCUT2D eigenvalue weighted by atomic mass is 10.3. The molecule has 0 amide bonds. The van der Waals surface area contributed by atoms with Crippen LogP contribution in [0, 0.1) is 0 Å². The molecule has 0 aromatic rings. The van der Waals surface area contributed by atoms with Crippen LogP contribution in [0.15, 0.2) is 22.2 Å². The van der Waals surface area contributed by atoms with Crippen molar-refractivity contribution in [1.82, 2.24) is 0 Å². The number of allylic oxidation sites excluding steroid dienone is 1. The summed E-state index contributed by atoms with van der Waals surface area (Å²) < 4.78 is 0. The van der Waals surface area contributed by atoms with Crippen molar-refractivity contribution >= 4 is 11.9 Å². The fourth-order valence-corrected chi connectivity index (χ4v) is 0.500. The van der Waals surface area contributed by atoms with Gasteiger partial charge in [-0.3, -0.25) is 4.99 Å². The van der Waals surface area contributed by atoms with Gasteiger partial charge in [-0.15, -0.1) is 0 Å². The lowest BCUT2D eigenvalue weighted by Crippen LogP contribution is -2.03. The molecule has 0 fully saturated rings. The summed E-state index contributed by atoms with van der Waals surface area (Å²) in [7, 11) is 0. The maximum absolute atomic E-state index is 4.95. The van der Waals surface area contributed by atoms with E-state index in [2.05, 4.69) is 10.1 Å². The van der Waals surface area contributed by atoms with E-state index in [1.807, 2.05) is 12.2 Å². The highest BCUT2D eigenvalue weighted by molar-refractivity contribution is 6.36. The molecule has 0 unspecified atom stereocenters. The van der Waals surface area contributed by atoms with Crippen molar-refractivity contribution in [2.24, 2.45) is 15.9 Å². The Kier molecular flexibility index (Phi) is 1.42. The molecule has 0 saturated carbocycles. The number of hydrazone groups is 1. The summed E-state index contributed by atoms with van der Waals surface area (Å²) >= 11 is 0. The van der Waals surface area contributed by atoms with Crippen molar-refractivity contribution in [3.05, 3.63) is 12.2 Å². The van der Waals surface area contributed by atoms with Crippen LogP contribution in [0.5, 0.6) is 0 Å². The van der Waals surface area contributed by atoms with E-state index in [9.17, 15) is 0 Å². The maximum atomic E-state index is 4.95. The fourth-order valence-electron chi connectivity index (χ4n) is 0.500. The molecule has 0 atom stereocenters. The van der Waals surface area contributed by atoms with Gasteiger partial charge in [-0.05, 0) is 6.08 Å².